The predicted molar refractivity (Wildman–Crippen MR) is 130 cm³/mol. The fourth-order valence-electron chi connectivity index (χ4n) is 4.68. The number of fused-ring (bicyclic) bond motifs is 3. The zero-order valence-electron chi connectivity index (χ0n) is 18.6. The fourth-order valence-corrected chi connectivity index (χ4v) is 4.68. The number of para-hydroxylation sites is 1. The molecule has 9 heteroatoms. The molecule has 0 aliphatic carbocycles. The summed E-state index contributed by atoms with van der Waals surface area (Å²) in [6.45, 7) is 3.31. The Kier molecular flexibility index (Phi) is 4.87. The smallest absolute Gasteiger partial charge is 0.319 e. The van der Waals surface area contributed by atoms with E-state index < -0.39 is 0 Å². The van der Waals surface area contributed by atoms with Crippen molar-refractivity contribution < 1.29 is 9.21 Å². The molecule has 1 unspecified atom stereocenters. The zero-order valence-corrected chi connectivity index (χ0v) is 18.6. The van der Waals surface area contributed by atoms with Crippen molar-refractivity contribution in [1.29, 1.82) is 0 Å². The maximum atomic E-state index is 12.5. The number of hydrogen-bond donors (Lipinski definition) is 3. The van der Waals surface area contributed by atoms with Crippen LogP contribution in [0.5, 0.6) is 0 Å². The summed E-state index contributed by atoms with van der Waals surface area (Å²) in [4.78, 5) is 23.5. The molecule has 2 aromatic carbocycles. The van der Waals surface area contributed by atoms with Crippen molar-refractivity contribution in [2.24, 2.45) is 0 Å². The van der Waals surface area contributed by atoms with Crippen LogP contribution in [0.15, 0.2) is 65.7 Å². The Morgan fingerprint density at radius 1 is 1.21 bits per heavy atom. The Labute approximate surface area is 195 Å². The van der Waals surface area contributed by atoms with Gasteiger partial charge in [-0.1, -0.05) is 18.2 Å². The molecule has 1 aliphatic heterocycles. The molecule has 0 radical (unpaired) electrons. The molecule has 3 aromatic heterocycles. The van der Waals surface area contributed by atoms with Gasteiger partial charge in [0, 0.05) is 35.8 Å². The first kappa shape index (κ1) is 20.2. The number of benzene rings is 2. The number of furan rings is 1. The first-order valence-corrected chi connectivity index (χ1v) is 11.2. The molecule has 0 fully saturated rings. The molecule has 170 valence electrons. The number of H-pyrrole nitrogens is 1. The van der Waals surface area contributed by atoms with Crippen LogP contribution in [-0.4, -0.2) is 39.3 Å². The average Bonchev–Trinajstić information content (AvgIpc) is 3.57. The van der Waals surface area contributed by atoms with Crippen molar-refractivity contribution in [1.82, 2.24) is 25.5 Å². The normalized spacial score (nSPS) is 15.1. The van der Waals surface area contributed by atoms with Crippen LogP contribution in [0.4, 0.5) is 22.0 Å². The second kappa shape index (κ2) is 8.18. The summed E-state index contributed by atoms with van der Waals surface area (Å²) in [5.74, 6) is 1.10. The lowest BCUT2D eigenvalue weighted by Crippen LogP contribution is -2.30. The Morgan fingerprint density at radius 3 is 3.06 bits per heavy atom. The lowest BCUT2D eigenvalue weighted by atomic mass is 9.98. The molecule has 0 saturated heterocycles. The predicted octanol–water partition coefficient (Wildman–Crippen LogP) is 4.85. The number of hydrogen-bond acceptors (Lipinski definition) is 6. The minimum absolute atomic E-state index is 0.223. The second-order valence-electron chi connectivity index (χ2n) is 8.50. The standard InChI is InChI=1S/C25H23N7O2/c1-15-13-34-22-7-6-17(10-19(15)22)30-25(33)26-9-8-16-12-32(21-5-3-2-4-18(16)21)24-20-11-29-31-23(20)27-14-28-24/h2-7,10-11,13-14,16H,8-9,12H2,1H3,(H2,26,30,33)(H,27,28,29,31). The molecular weight excluding hydrogens is 430 g/mol. The lowest BCUT2D eigenvalue weighted by molar-refractivity contribution is 0.252. The van der Waals surface area contributed by atoms with Gasteiger partial charge in [0.15, 0.2) is 5.65 Å². The number of carbonyl (C=O) groups is 1. The number of aromatic nitrogens is 4. The molecular formula is C25H23N7O2. The molecule has 5 aromatic rings. The van der Waals surface area contributed by atoms with E-state index in [1.807, 2.05) is 31.2 Å². The summed E-state index contributed by atoms with van der Waals surface area (Å²) >= 11 is 0. The van der Waals surface area contributed by atoms with Gasteiger partial charge in [0.2, 0.25) is 0 Å². The molecule has 9 nitrogen and oxygen atoms in total. The molecule has 4 heterocycles. The maximum Gasteiger partial charge on any atom is 0.319 e. The van der Waals surface area contributed by atoms with Crippen LogP contribution in [0.1, 0.15) is 23.5 Å². The summed E-state index contributed by atoms with van der Waals surface area (Å²) in [5, 5.41) is 14.8. The number of amides is 2. The largest absolute Gasteiger partial charge is 0.464 e. The second-order valence-corrected chi connectivity index (χ2v) is 8.50. The van der Waals surface area contributed by atoms with Gasteiger partial charge in [-0.15, -0.1) is 0 Å². The Balaban J connectivity index is 1.13. The van der Waals surface area contributed by atoms with E-state index in [1.54, 1.807) is 18.8 Å². The molecule has 1 aliphatic rings. The van der Waals surface area contributed by atoms with Gasteiger partial charge in [0.1, 0.15) is 17.7 Å². The molecule has 0 bridgehead atoms. The van der Waals surface area contributed by atoms with Crippen LogP contribution in [0, 0.1) is 6.92 Å². The Bertz CT molecular complexity index is 1510. The SMILES string of the molecule is Cc1coc2ccc(NC(=O)NCCC3CN(c4ncnc5[nH]ncc45)c4ccccc43)cc12. The van der Waals surface area contributed by atoms with Crippen LogP contribution in [0.3, 0.4) is 0 Å². The van der Waals surface area contributed by atoms with Gasteiger partial charge in [-0.05, 0) is 48.7 Å². The Hall–Kier alpha value is -4.40. The highest BCUT2D eigenvalue weighted by Gasteiger charge is 2.30. The third-order valence-corrected chi connectivity index (χ3v) is 6.36. The fraction of sp³-hybridized carbons (Fsp3) is 0.200. The highest BCUT2D eigenvalue weighted by molar-refractivity contribution is 5.93. The van der Waals surface area contributed by atoms with Crippen LogP contribution in [0.2, 0.25) is 0 Å². The van der Waals surface area contributed by atoms with Crippen molar-refractivity contribution in [2.75, 3.05) is 23.3 Å². The van der Waals surface area contributed by atoms with E-state index >= 15 is 0 Å². The highest BCUT2D eigenvalue weighted by Crippen LogP contribution is 2.42. The van der Waals surface area contributed by atoms with E-state index in [0.717, 1.165) is 52.1 Å². The number of nitrogens with one attached hydrogen (secondary N) is 3. The van der Waals surface area contributed by atoms with E-state index in [1.165, 1.54) is 5.56 Å². The molecule has 1 atom stereocenters. The maximum absolute atomic E-state index is 12.5. The van der Waals surface area contributed by atoms with E-state index in [-0.39, 0.29) is 11.9 Å². The van der Waals surface area contributed by atoms with Crippen LogP contribution < -0.4 is 15.5 Å². The summed E-state index contributed by atoms with van der Waals surface area (Å²) in [6, 6.07) is 13.8. The van der Waals surface area contributed by atoms with Gasteiger partial charge >= 0.3 is 6.03 Å². The Morgan fingerprint density at radius 2 is 2.12 bits per heavy atom. The third-order valence-electron chi connectivity index (χ3n) is 6.36. The molecule has 34 heavy (non-hydrogen) atoms. The van der Waals surface area contributed by atoms with Crippen LogP contribution >= 0.6 is 0 Å². The number of carbonyl (C=O) groups excluding carboxylic acids is 1. The molecule has 0 saturated carbocycles. The monoisotopic (exact) mass is 453 g/mol. The summed E-state index contributed by atoms with van der Waals surface area (Å²) in [7, 11) is 0. The lowest BCUT2D eigenvalue weighted by Gasteiger charge is -2.19. The van der Waals surface area contributed by atoms with Crippen molar-refractivity contribution in [3.05, 3.63) is 72.4 Å². The minimum atomic E-state index is -0.223. The number of rotatable bonds is 5. The third kappa shape index (κ3) is 3.51. The molecule has 0 spiro atoms. The number of nitrogens with zero attached hydrogens (tertiary/aromatic N) is 4. The summed E-state index contributed by atoms with van der Waals surface area (Å²) in [6.07, 6.45) is 5.84. The van der Waals surface area contributed by atoms with Gasteiger partial charge in [0.25, 0.3) is 0 Å². The van der Waals surface area contributed by atoms with Crippen molar-refractivity contribution in [2.45, 2.75) is 19.3 Å². The van der Waals surface area contributed by atoms with Gasteiger partial charge in [-0.2, -0.15) is 5.10 Å². The number of aromatic amines is 1. The number of aryl methyl sites for hydroxylation is 1. The molecule has 6 rings (SSSR count). The van der Waals surface area contributed by atoms with E-state index in [0.29, 0.717) is 12.2 Å². The van der Waals surface area contributed by atoms with Gasteiger partial charge < -0.3 is 20.0 Å². The molecule has 2 amide bonds. The molecule has 3 N–H and O–H groups in total. The first-order valence-electron chi connectivity index (χ1n) is 11.2. The van der Waals surface area contributed by atoms with Gasteiger partial charge in [0.05, 0.1) is 17.8 Å². The van der Waals surface area contributed by atoms with Gasteiger partial charge in [-0.25, -0.2) is 14.8 Å². The average molecular weight is 454 g/mol. The summed E-state index contributed by atoms with van der Waals surface area (Å²) in [5.41, 5.74) is 5.68. The first-order chi connectivity index (χ1) is 16.7. The van der Waals surface area contributed by atoms with Crippen LogP contribution in [-0.2, 0) is 0 Å². The zero-order chi connectivity index (χ0) is 23.1. The van der Waals surface area contributed by atoms with E-state index in [2.05, 4.69) is 53.9 Å². The minimum Gasteiger partial charge on any atom is -0.464 e. The summed E-state index contributed by atoms with van der Waals surface area (Å²) < 4.78 is 5.47. The van der Waals surface area contributed by atoms with E-state index in [4.69, 9.17) is 4.42 Å². The van der Waals surface area contributed by atoms with Crippen LogP contribution in [0.25, 0.3) is 22.0 Å². The van der Waals surface area contributed by atoms with Crippen molar-refractivity contribution in [3.63, 3.8) is 0 Å². The topological polar surface area (TPSA) is 112 Å². The number of urea groups is 1. The van der Waals surface area contributed by atoms with Crippen molar-refractivity contribution >= 4 is 45.2 Å². The van der Waals surface area contributed by atoms with E-state index in [9.17, 15) is 4.79 Å². The van der Waals surface area contributed by atoms with Gasteiger partial charge in [-0.3, -0.25) is 5.10 Å². The van der Waals surface area contributed by atoms with Crippen molar-refractivity contribution in [3.8, 4) is 0 Å². The quantitative estimate of drug-likeness (QED) is 0.351. The highest BCUT2D eigenvalue weighted by atomic mass is 16.3. The number of anilines is 3.